The van der Waals surface area contributed by atoms with Crippen LogP contribution in [0.4, 0.5) is 0 Å². The van der Waals surface area contributed by atoms with Crippen LogP contribution < -0.4 is 5.32 Å². The maximum Gasteiger partial charge on any atom is 0.472 e. The summed E-state index contributed by atoms with van der Waals surface area (Å²) in [5, 5.41) is 3.07. The first kappa shape index (κ1) is 79.5. The molecule has 2 N–H and O–H groups in total. The third-order valence-electron chi connectivity index (χ3n) is 16.4. The summed E-state index contributed by atoms with van der Waals surface area (Å²) < 4.78 is 30.8. The lowest BCUT2D eigenvalue weighted by atomic mass is 10.0. The number of rotatable bonds is 66. The van der Waals surface area contributed by atoms with E-state index in [0.29, 0.717) is 23.9 Å². The third-order valence-corrected chi connectivity index (χ3v) is 17.4. The van der Waals surface area contributed by atoms with Gasteiger partial charge < -0.3 is 19.4 Å². The molecule has 10 heteroatoms. The van der Waals surface area contributed by atoms with E-state index in [0.717, 1.165) is 57.8 Å². The zero-order chi connectivity index (χ0) is 59.3. The molecule has 81 heavy (non-hydrogen) atoms. The van der Waals surface area contributed by atoms with Crippen molar-refractivity contribution in [3.8, 4) is 0 Å². The van der Waals surface area contributed by atoms with Gasteiger partial charge in [-0.2, -0.15) is 0 Å². The van der Waals surface area contributed by atoms with Crippen molar-refractivity contribution in [1.29, 1.82) is 0 Å². The summed E-state index contributed by atoms with van der Waals surface area (Å²) in [6, 6.07) is -0.845. The molecule has 0 heterocycles. The van der Waals surface area contributed by atoms with Crippen LogP contribution in [0.25, 0.3) is 0 Å². The van der Waals surface area contributed by atoms with Gasteiger partial charge in [0.25, 0.3) is 0 Å². The van der Waals surface area contributed by atoms with Gasteiger partial charge in [-0.15, -0.1) is 0 Å². The number of amides is 1. The average molecular weight is 1160 g/mol. The molecule has 0 aromatic heterocycles. The smallest absolute Gasteiger partial charge is 0.456 e. The molecular formula is C71H140N2O7P+. The Morgan fingerprint density at radius 3 is 1.05 bits per heavy atom. The summed E-state index contributed by atoms with van der Waals surface area (Å²) in [4.78, 5) is 37.8. The summed E-state index contributed by atoms with van der Waals surface area (Å²) in [5.74, 6) is -0.490. The molecule has 9 nitrogen and oxygen atoms in total. The summed E-state index contributed by atoms with van der Waals surface area (Å²) in [7, 11) is 1.51. The third kappa shape index (κ3) is 62.8. The molecule has 0 spiro atoms. The van der Waals surface area contributed by atoms with E-state index in [4.69, 9.17) is 13.8 Å². The fraction of sp³-hybridized carbons (Fsp3) is 0.915. The van der Waals surface area contributed by atoms with Crippen LogP contribution in [0.1, 0.15) is 367 Å². The van der Waals surface area contributed by atoms with Gasteiger partial charge in [0.05, 0.1) is 33.8 Å². The Morgan fingerprint density at radius 2 is 0.716 bits per heavy atom. The van der Waals surface area contributed by atoms with Gasteiger partial charge in [-0.05, 0) is 57.4 Å². The fourth-order valence-electron chi connectivity index (χ4n) is 10.9. The second-order valence-corrected chi connectivity index (χ2v) is 27.2. The number of hydrogen-bond donors (Lipinski definition) is 2. The lowest BCUT2D eigenvalue weighted by Gasteiger charge is -2.27. The number of quaternary nitrogens is 1. The number of phosphoric ester groups is 1. The molecule has 1 amide bonds. The number of carbonyl (C=O) groups is 2. The Kier molecular flexibility index (Phi) is 60.4. The predicted molar refractivity (Wildman–Crippen MR) is 351 cm³/mol. The van der Waals surface area contributed by atoms with Crippen molar-refractivity contribution in [1.82, 2.24) is 5.32 Å². The van der Waals surface area contributed by atoms with Crippen LogP contribution in [0, 0.1) is 0 Å². The Balaban J connectivity index is 4.93. The molecule has 0 saturated carbocycles. The van der Waals surface area contributed by atoms with Crippen LogP contribution in [0.2, 0.25) is 0 Å². The van der Waals surface area contributed by atoms with Crippen LogP contribution >= 0.6 is 7.82 Å². The predicted octanol–water partition coefficient (Wildman–Crippen LogP) is 22.5. The Hall–Kier alpha value is -1.51. The average Bonchev–Trinajstić information content (AvgIpc) is 3.43. The minimum absolute atomic E-state index is 0.0433. The van der Waals surface area contributed by atoms with E-state index in [-0.39, 0.29) is 25.1 Å². The van der Waals surface area contributed by atoms with Crippen LogP contribution in [-0.4, -0.2) is 74.3 Å². The van der Waals surface area contributed by atoms with Crippen molar-refractivity contribution in [2.45, 2.75) is 380 Å². The lowest BCUT2D eigenvalue weighted by molar-refractivity contribution is -0.870. The molecule has 0 aliphatic heterocycles. The fourth-order valence-corrected chi connectivity index (χ4v) is 11.6. The Labute approximate surface area is 504 Å². The maximum absolute atomic E-state index is 13.6. The number of ether oxygens (including phenoxy) is 1. The van der Waals surface area contributed by atoms with Crippen LogP contribution in [0.5, 0.6) is 0 Å². The normalized spacial score (nSPS) is 13.6. The molecule has 3 unspecified atom stereocenters. The minimum atomic E-state index is -4.45. The number of nitrogens with zero attached hydrogens (tertiary/aromatic N) is 1. The Morgan fingerprint density at radius 1 is 0.420 bits per heavy atom. The zero-order valence-electron chi connectivity index (χ0n) is 55.1. The van der Waals surface area contributed by atoms with Gasteiger partial charge in [0.2, 0.25) is 5.91 Å². The quantitative estimate of drug-likeness (QED) is 0.0205. The van der Waals surface area contributed by atoms with E-state index < -0.39 is 20.0 Å². The summed E-state index contributed by atoms with van der Waals surface area (Å²) in [6.07, 6.45) is 74.9. The Bertz CT molecular complexity index is 1430. The molecule has 3 atom stereocenters. The van der Waals surface area contributed by atoms with Gasteiger partial charge in [-0.25, -0.2) is 4.57 Å². The van der Waals surface area contributed by atoms with Gasteiger partial charge in [-0.1, -0.05) is 322 Å². The summed E-state index contributed by atoms with van der Waals surface area (Å²) in [5.41, 5.74) is 0. The molecule has 0 saturated heterocycles. The van der Waals surface area contributed by atoms with Gasteiger partial charge in [0, 0.05) is 12.8 Å². The molecule has 0 aliphatic carbocycles. The van der Waals surface area contributed by atoms with E-state index in [9.17, 15) is 19.0 Å². The number of allylic oxidation sites excluding steroid dienone is 3. The monoisotopic (exact) mass is 1160 g/mol. The number of nitrogens with one attached hydrogen (secondary N) is 1. The van der Waals surface area contributed by atoms with Gasteiger partial charge >= 0.3 is 13.8 Å². The highest BCUT2D eigenvalue weighted by molar-refractivity contribution is 7.47. The van der Waals surface area contributed by atoms with Crippen molar-refractivity contribution in [2.24, 2.45) is 0 Å². The zero-order valence-corrected chi connectivity index (χ0v) is 56.0. The largest absolute Gasteiger partial charge is 0.472 e. The van der Waals surface area contributed by atoms with Gasteiger partial charge in [-0.3, -0.25) is 18.6 Å². The van der Waals surface area contributed by atoms with E-state index in [2.05, 4.69) is 38.2 Å². The van der Waals surface area contributed by atoms with Gasteiger partial charge in [0.1, 0.15) is 19.3 Å². The first-order valence-corrected chi connectivity index (χ1v) is 37.2. The highest BCUT2D eigenvalue weighted by Crippen LogP contribution is 2.43. The highest BCUT2D eigenvalue weighted by Gasteiger charge is 2.30. The van der Waals surface area contributed by atoms with Crippen molar-refractivity contribution in [3.05, 3.63) is 24.3 Å². The lowest BCUT2D eigenvalue weighted by Crippen LogP contribution is -2.47. The van der Waals surface area contributed by atoms with Crippen molar-refractivity contribution in [2.75, 3.05) is 40.9 Å². The number of unbranched alkanes of at least 4 members (excludes halogenated alkanes) is 48. The van der Waals surface area contributed by atoms with Crippen molar-refractivity contribution >= 4 is 19.7 Å². The number of hydrogen-bond acceptors (Lipinski definition) is 6. The standard InChI is InChI=1S/C71H139N2O7P/c1-7-10-13-16-19-22-25-27-29-31-32-33-34-35-36-37-38-39-40-42-43-45-48-51-54-57-60-63-70(74)72-68(67-79-81(76,77)78-66-65-73(4,5)6)69(62-59-56-53-50-47-24-21-18-15-12-9-3)80-71(75)64-61-58-55-52-49-46-44-41-30-28-26-23-20-17-14-11-8-2/h28,30,59,62,68-69H,7-27,29,31-58,60-61,63-67H2,1-6H3,(H-,72,74,76,77)/p+1/b30-28+,62-59-. The van der Waals surface area contributed by atoms with Crippen LogP contribution in [-0.2, 0) is 27.9 Å². The number of esters is 1. The van der Waals surface area contributed by atoms with Gasteiger partial charge in [0.15, 0.2) is 0 Å². The topological polar surface area (TPSA) is 111 Å². The first-order chi connectivity index (χ1) is 39.4. The number of carbonyl (C=O) groups excluding carboxylic acids is 2. The number of likely N-dealkylation sites (N-methyl/N-ethyl adjacent to an activating group) is 1. The second-order valence-electron chi connectivity index (χ2n) is 25.8. The maximum atomic E-state index is 13.6. The van der Waals surface area contributed by atoms with Crippen LogP contribution in [0.15, 0.2) is 24.3 Å². The number of phosphoric acid groups is 1. The molecule has 0 rings (SSSR count). The second kappa shape index (κ2) is 61.6. The molecular weight excluding hydrogens is 1020 g/mol. The molecule has 480 valence electrons. The molecule has 0 aliphatic rings. The van der Waals surface area contributed by atoms with Crippen molar-refractivity contribution < 1.29 is 37.3 Å². The van der Waals surface area contributed by atoms with E-state index >= 15 is 0 Å². The van der Waals surface area contributed by atoms with E-state index in [1.165, 1.54) is 276 Å². The van der Waals surface area contributed by atoms with E-state index in [1.54, 1.807) is 0 Å². The molecule has 0 fully saturated rings. The minimum Gasteiger partial charge on any atom is -0.456 e. The first-order valence-electron chi connectivity index (χ1n) is 35.7. The van der Waals surface area contributed by atoms with Crippen molar-refractivity contribution in [3.63, 3.8) is 0 Å². The summed E-state index contributed by atoms with van der Waals surface area (Å²) in [6.45, 7) is 7.06. The highest BCUT2D eigenvalue weighted by atomic mass is 31.2. The van der Waals surface area contributed by atoms with Crippen LogP contribution in [0.3, 0.4) is 0 Å². The molecule has 0 radical (unpaired) electrons. The molecule has 0 aromatic carbocycles. The SMILES string of the molecule is CCCCCCCC/C=C/CCCCCCCCCC(=O)OC(/C=C\CCCCCCCCCCC)C(COP(=O)(O)OCC[N+](C)(C)C)NC(=O)CCCCCCCCCCCCCCCCCCCCCCCCCCCCC. The van der Waals surface area contributed by atoms with E-state index in [1.807, 2.05) is 33.3 Å². The molecule has 0 aromatic rings. The summed E-state index contributed by atoms with van der Waals surface area (Å²) >= 11 is 0. The molecule has 0 bridgehead atoms.